The van der Waals surface area contributed by atoms with Crippen LogP contribution in [0.1, 0.15) is 19.3 Å². The van der Waals surface area contributed by atoms with E-state index >= 15 is 0 Å². The summed E-state index contributed by atoms with van der Waals surface area (Å²) in [6.45, 7) is 6.50. The first kappa shape index (κ1) is 10.6. The van der Waals surface area contributed by atoms with Gasteiger partial charge in [-0.1, -0.05) is 11.5 Å². The molecular weight excluding hydrogens is 182 g/mol. The van der Waals surface area contributed by atoms with Crippen LogP contribution in [0, 0.1) is 0 Å². The Kier molecular flexibility index (Phi) is 3.36. The molecule has 74 valence electrons. The highest BCUT2D eigenvalue weighted by molar-refractivity contribution is 6.69. The molecule has 1 rings (SSSR count). The van der Waals surface area contributed by atoms with Gasteiger partial charge in [-0.05, 0) is 38.0 Å². The van der Waals surface area contributed by atoms with E-state index < -0.39 is 8.32 Å². The van der Waals surface area contributed by atoms with Crippen LogP contribution < -0.4 is 0 Å². The minimum Gasteiger partial charge on any atom is -0.414 e. The fraction of sp³-hybridized carbons (Fsp3) is 1.00. The van der Waals surface area contributed by atoms with Crippen molar-refractivity contribution < 1.29 is 4.43 Å². The van der Waals surface area contributed by atoms with E-state index in [4.69, 9.17) is 9.96 Å². The summed E-state index contributed by atoms with van der Waals surface area (Å²) >= 11 is 0. The van der Waals surface area contributed by atoms with E-state index in [1.807, 2.05) is 0 Å². The van der Waals surface area contributed by atoms with Crippen LogP contribution in [-0.2, 0) is 4.43 Å². The second-order valence-corrected chi connectivity index (χ2v) is 8.93. The molecule has 0 amide bonds. The fourth-order valence-corrected chi connectivity index (χ4v) is 2.88. The highest BCUT2D eigenvalue weighted by atomic mass is 28.4. The molecule has 0 aliphatic heterocycles. The Labute approximate surface area is 80.0 Å². The first-order valence-corrected chi connectivity index (χ1v) is 8.16. The van der Waals surface area contributed by atoms with Gasteiger partial charge in [-0.3, -0.25) is 0 Å². The fourth-order valence-electron chi connectivity index (χ4n) is 1.70. The molecule has 5 heteroatoms. The number of rotatable bonds is 3. The Bertz CT molecular complexity index is 220. The first-order valence-electron chi connectivity index (χ1n) is 4.75. The lowest BCUT2D eigenvalue weighted by molar-refractivity contribution is 0.184. The van der Waals surface area contributed by atoms with E-state index in [1.165, 1.54) is 0 Å². The van der Waals surface area contributed by atoms with Crippen molar-refractivity contribution in [2.24, 2.45) is 5.11 Å². The number of azide groups is 1. The summed E-state index contributed by atoms with van der Waals surface area (Å²) in [5, 5.41) is 3.77. The van der Waals surface area contributed by atoms with E-state index in [1.54, 1.807) is 0 Å². The molecule has 13 heavy (non-hydrogen) atoms. The summed E-state index contributed by atoms with van der Waals surface area (Å²) in [4.78, 5) is 2.86. The van der Waals surface area contributed by atoms with Gasteiger partial charge in [0.25, 0.3) is 0 Å². The molecule has 0 heterocycles. The van der Waals surface area contributed by atoms with Gasteiger partial charge in [0.05, 0.1) is 12.1 Å². The molecule has 0 radical (unpaired) electrons. The van der Waals surface area contributed by atoms with Gasteiger partial charge >= 0.3 is 0 Å². The normalized spacial score (nSPS) is 28.5. The molecule has 1 fully saturated rings. The Morgan fingerprint density at radius 2 is 2.08 bits per heavy atom. The third-order valence-electron chi connectivity index (χ3n) is 2.12. The summed E-state index contributed by atoms with van der Waals surface area (Å²) in [7, 11) is -1.48. The average molecular weight is 199 g/mol. The van der Waals surface area contributed by atoms with Gasteiger partial charge in [0.1, 0.15) is 0 Å². The predicted molar refractivity (Wildman–Crippen MR) is 55.0 cm³/mol. The van der Waals surface area contributed by atoms with Crippen molar-refractivity contribution in [2.45, 2.75) is 51.0 Å². The lowest BCUT2D eigenvalue weighted by atomic mass is 10.2. The van der Waals surface area contributed by atoms with E-state index in [0.29, 0.717) is 0 Å². The average Bonchev–Trinajstić information content (AvgIpc) is 2.34. The second kappa shape index (κ2) is 4.13. The van der Waals surface area contributed by atoms with Crippen molar-refractivity contribution in [3.8, 4) is 0 Å². The predicted octanol–water partition coefficient (Wildman–Crippen LogP) is 3.07. The van der Waals surface area contributed by atoms with Gasteiger partial charge in [0, 0.05) is 4.91 Å². The summed E-state index contributed by atoms with van der Waals surface area (Å²) in [5.41, 5.74) is 8.36. The first-order chi connectivity index (χ1) is 6.03. The molecule has 0 unspecified atom stereocenters. The molecule has 0 spiro atoms. The second-order valence-electron chi connectivity index (χ2n) is 4.47. The van der Waals surface area contributed by atoms with Crippen molar-refractivity contribution in [3.63, 3.8) is 0 Å². The van der Waals surface area contributed by atoms with Crippen LogP contribution in [0.25, 0.3) is 10.4 Å². The van der Waals surface area contributed by atoms with Crippen molar-refractivity contribution >= 4 is 8.32 Å². The minimum atomic E-state index is -1.48. The van der Waals surface area contributed by atoms with Gasteiger partial charge in [-0.25, -0.2) is 0 Å². The van der Waals surface area contributed by atoms with Crippen molar-refractivity contribution in [2.75, 3.05) is 0 Å². The summed E-state index contributed by atoms with van der Waals surface area (Å²) < 4.78 is 5.94. The molecule has 1 aliphatic rings. The van der Waals surface area contributed by atoms with E-state index in [0.717, 1.165) is 19.3 Å². The molecular formula is C8H17N3OSi. The lowest BCUT2D eigenvalue weighted by Gasteiger charge is -2.25. The molecule has 4 nitrogen and oxygen atoms in total. The topological polar surface area (TPSA) is 58.0 Å². The van der Waals surface area contributed by atoms with Crippen molar-refractivity contribution in [3.05, 3.63) is 10.4 Å². The molecule has 0 bridgehead atoms. The maximum absolute atomic E-state index is 8.36. The summed E-state index contributed by atoms with van der Waals surface area (Å²) in [6, 6.07) is 0.0803. The van der Waals surface area contributed by atoms with Crippen LogP contribution in [0.4, 0.5) is 0 Å². The van der Waals surface area contributed by atoms with Crippen LogP contribution in [0.3, 0.4) is 0 Å². The number of nitrogens with zero attached hydrogens (tertiary/aromatic N) is 3. The smallest absolute Gasteiger partial charge is 0.184 e. The van der Waals surface area contributed by atoms with Gasteiger partial charge in [-0.2, -0.15) is 0 Å². The molecule has 0 saturated heterocycles. The molecule has 0 aromatic heterocycles. The van der Waals surface area contributed by atoms with Gasteiger partial charge in [0.2, 0.25) is 0 Å². The van der Waals surface area contributed by atoms with Gasteiger partial charge in [0.15, 0.2) is 8.32 Å². The standard InChI is InChI=1S/C8H17N3OSi/c1-13(2,3)12-8-6-4-5-7(8)10-11-9/h7-8H,4-6H2,1-3H3/t7-,8-/m0/s1. The van der Waals surface area contributed by atoms with Crippen LogP contribution in [0.15, 0.2) is 5.11 Å². The van der Waals surface area contributed by atoms with Crippen molar-refractivity contribution in [1.82, 2.24) is 0 Å². The lowest BCUT2D eigenvalue weighted by Crippen LogP contribution is -2.35. The largest absolute Gasteiger partial charge is 0.414 e. The monoisotopic (exact) mass is 199 g/mol. The maximum atomic E-state index is 8.36. The van der Waals surface area contributed by atoms with Crippen LogP contribution in [0.5, 0.6) is 0 Å². The van der Waals surface area contributed by atoms with Crippen LogP contribution >= 0.6 is 0 Å². The zero-order chi connectivity index (χ0) is 9.90. The quantitative estimate of drug-likeness (QED) is 0.298. The van der Waals surface area contributed by atoms with E-state index in [2.05, 4.69) is 29.7 Å². The Morgan fingerprint density at radius 3 is 2.62 bits per heavy atom. The highest BCUT2D eigenvalue weighted by Gasteiger charge is 2.31. The maximum Gasteiger partial charge on any atom is 0.184 e. The number of hydrogen-bond donors (Lipinski definition) is 0. The Morgan fingerprint density at radius 1 is 1.38 bits per heavy atom. The molecule has 2 atom stereocenters. The number of hydrogen-bond acceptors (Lipinski definition) is 2. The van der Waals surface area contributed by atoms with Crippen LogP contribution in [0.2, 0.25) is 19.6 Å². The molecule has 1 saturated carbocycles. The van der Waals surface area contributed by atoms with E-state index in [9.17, 15) is 0 Å². The minimum absolute atomic E-state index is 0.0803. The zero-order valence-electron chi connectivity index (χ0n) is 8.53. The third kappa shape index (κ3) is 3.38. The Hall–Kier alpha value is -0.513. The summed E-state index contributed by atoms with van der Waals surface area (Å²) in [5.74, 6) is 0. The molecule has 1 aliphatic carbocycles. The highest BCUT2D eigenvalue weighted by Crippen LogP contribution is 2.27. The van der Waals surface area contributed by atoms with Gasteiger partial charge in [-0.15, -0.1) is 0 Å². The van der Waals surface area contributed by atoms with Crippen LogP contribution in [-0.4, -0.2) is 20.5 Å². The van der Waals surface area contributed by atoms with Gasteiger partial charge < -0.3 is 4.43 Å². The molecule has 0 N–H and O–H groups in total. The zero-order valence-corrected chi connectivity index (χ0v) is 9.53. The SMILES string of the molecule is C[Si](C)(C)O[C@H]1CCC[C@@H]1N=[N+]=[N-]. The molecule has 0 aromatic carbocycles. The Balaban J connectivity index is 2.53. The third-order valence-corrected chi connectivity index (χ3v) is 3.13. The summed E-state index contributed by atoms with van der Waals surface area (Å²) in [6.07, 6.45) is 3.34. The van der Waals surface area contributed by atoms with E-state index in [-0.39, 0.29) is 12.1 Å². The molecule has 0 aromatic rings. The van der Waals surface area contributed by atoms with Crippen molar-refractivity contribution in [1.29, 1.82) is 0 Å².